The van der Waals surface area contributed by atoms with Crippen LogP contribution >= 0.6 is 0 Å². The van der Waals surface area contributed by atoms with Crippen molar-refractivity contribution in [3.05, 3.63) is 130 Å². The van der Waals surface area contributed by atoms with Crippen molar-refractivity contribution in [3.8, 4) is 0 Å². The average molecular weight is 542 g/mol. The Morgan fingerprint density at radius 1 is 0.950 bits per heavy atom. The Morgan fingerprint density at radius 2 is 1.55 bits per heavy atom. The number of hydrogen-bond acceptors (Lipinski definition) is 7. The van der Waals surface area contributed by atoms with Gasteiger partial charge in [-0.1, -0.05) is 78.9 Å². The number of aliphatic hydroxyl groups excluding tert-OH is 1. The van der Waals surface area contributed by atoms with E-state index in [0.29, 0.717) is 12.2 Å². The number of nitrogens with one attached hydrogen (secondary N) is 1. The molecule has 0 bridgehead atoms. The monoisotopic (exact) mass is 541 g/mol. The predicted octanol–water partition coefficient (Wildman–Crippen LogP) is 3.95. The number of carbonyl (C=O) groups excluding carboxylic acids is 1. The van der Waals surface area contributed by atoms with Gasteiger partial charge in [0.25, 0.3) is 5.91 Å². The maximum atomic E-state index is 13.0. The summed E-state index contributed by atoms with van der Waals surface area (Å²) in [5.74, 6) is -0.298. The summed E-state index contributed by atoms with van der Waals surface area (Å²) < 4.78 is 19.7. The number of aliphatic hydroxyl groups is 1. The van der Waals surface area contributed by atoms with E-state index in [1.54, 1.807) is 37.3 Å². The van der Waals surface area contributed by atoms with Gasteiger partial charge >= 0.3 is 5.69 Å². The minimum atomic E-state index is -1.20. The van der Waals surface area contributed by atoms with Gasteiger partial charge in [0.1, 0.15) is 23.6 Å². The molecule has 1 saturated heterocycles. The van der Waals surface area contributed by atoms with Gasteiger partial charge in [0, 0.05) is 11.8 Å². The third-order valence-corrected chi connectivity index (χ3v) is 6.75. The van der Waals surface area contributed by atoms with Gasteiger partial charge in [-0.3, -0.25) is 9.36 Å². The van der Waals surface area contributed by atoms with E-state index < -0.39 is 29.7 Å². The van der Waals surface area contributed by atoms with Crippen molar-refractivity contribution in [2.45, 2.75) is 44.2 Å². The highest BCUT2D eigenvalue weighted by Crippen LogP contribution is 2.39. The van der Waals surface area contributed by atoms with Gasteiger partial charge in [0.15, 0.2) is 6.23 Å². The predicted molar refractivity (Wildman–Crippen MR) is 149 cm³/mol. The zero-order valence-corrected chi connectivity index (χ0v) is 22.1. The van der Waals surface area contributed by atoms with Crippen LogP contribution in [0.25, 0.3) is 0 Å². The molecule has 1 aliphatic rings. The number of anilines is 1. The first-order valence-corrected chi connectivity index (χ1v) is 13.0. The van der Waals surface area contributed by atoms with Crippen molar-refractivity contribution < 1.29 is 24.1 Å². The largest absolute Gasteiger partial charge is 0.386 e. The molecule has 3 aromatic carbocycles. The van der Waals surface area contributed by atoms with E-state index in [4.69, 9.17) is 14.2 Å². The molecule has 1 aliphatic heterocycles. The van der Waals surface area contributed by atoms with Crippen LogP contribution in [0.2, 0.25) is 0 Å². The van der Waals surface area contributed by atoms with Crippen molar-refractivity contribution in [2.24, 2.45) is 0 Å². The molecule has 0 saturated carbocycles. The Hall–Kier alpha value is -4.15. The number of benzene rings is 3. The standard InChI is InChI=1S/C31H31N3O6/c1-31(21-38-19-22-11-5-2-6-12-22)27(39-20-23-13-7-3-8-14-23)26(35)29(40-31)34-18-17-25(33-30(34)37)32-28(36)24-15-9-4-10-16-24/h2-18,26-27,29,35H,19-21H2,1H3,(H,32,33,36,37)/t26-,27+,29-,31-/m1/s1. The smallest absolute Gasteiger partial charge is 0.351 e. The van der Waals surface area contributed by atoms with Gasteiger partial charge in [-0.05, 0) is 36.2 Å². The second kappa shape index (κ2) is 12.4. The number of hydrogen-bond donors (Lipinski definition) is 2. The van der Waals surface area contributed by atoms with Crippen LogP contribution in [0.1, 0.15) is 34.6 Å². The molecule has 0 radical (unpaired) electrons. The van der Waals surface area contributed by atoms with E-state index >= 15 is 0 Å². The highest BCUT2D eigenvalue weighted by atomic mass is 16.6. The highest BCUT2D eigenvalue weighted by molar-refractivity contribution is 6.03. The van der Waals surface area contributed by atoms with E-state index in [9.17, 15) is 14.7 Å². The molecule has 0 unspecified atom stereocenters. The molecule has 0 aliphatic carbocycles. The normalized spacial score (nSPS) is 22.2. The number of ether oxygens (including phenoxy) is 3. The number of nitrogens with zero attached hydrogens (tertiary/aromatic N) is 2. The molecule has 1 aromatic heterocycles. The van der Waals surface area contributed by atoms with Crippen molar-refractivity contribution in [2.75, 3.05) is 11.9 Å². The molecule has 2 heterocycles. The lowest BCUT2D eigenvalue weighted by Crippen LogP contribution is -2.46. The number of aromatic nitrogens is 2. The van der Waals surface area contributed by atoms with Crippen LogP contribution in [0.3, 0.4) is 0 Å². The molecule has 9 heteroatoms. The van der Waals surface area contributed by atoms with Gasteiger partial charge in [-0.15, -0.1) is 0 Å². The number of rotatable bonds is 10. The summed E-state index contributed by atoms with van der Waals surface area (Å²) in [4.78, 5) is 29.5. The molecule has 1 amide bonds. The van der Waals surface area contributed by atoms with E-state index in [0.717, 1.165) is 11.1 Å². The maximum absolute atomic E-state index is 13.0. The molecular formula is C31H31N3O6. The lowest BCUT2D eigenvalue weighted by molar-refractivity contribution is -0.147. The van der Waals surface area contributed by atoms with E-state index in [-0.39, 0.29) is 24.9 Å². The van der Waals surface area contributed by atoms with Gasteiger partial charge in [0.05, 0.1) is 19.8 Å². The SMILES string of the molecule is C[C@]1(COCc2ccccc2)O[C@@H](n2ccc(NC(=O)c3ccccc3)nc2=O)[C@H](O)[C@@H]1OCc1ccccc1. The van der Waals surface area contributed by atoms with Crippen molar-refractivity contribution >= 4 is 11.7 Å². The zero-order chi connectivity index (χ0) is 28.0. The van der Waals surface area contributed by atoms with Gasteiger partial charge in [-0.25, -0.2) is 4.79 Å². The van der Waals surface area contributed by atoms with Gasteiger partial charge in [-0.2, -0.15) is 4.98 Å². The Kier molecular flexibility index (Phi) is 8.47. The first-order valence-electron chi connectivity index (χ1n) is 13.0. The molecule has 4 aromatic rings. The minimum absolute atomic E-state index is 0.0911. The van der Waals surface area contributed by atoms with Gasteiger partial charge in [0.2, 0.25) is 0 Å². The Bertz CT molecular complexity index is 1460. The van der Waals surface area contributed by atoms with Crippen molar-refractivity contribution in [1.29, 1.82) is 0 Å². The molecule has 40 heavy (non-hydrogen) atoms. The van der Waals surface area contributed by atoms with Crippen LogP contribution in [0.5, 0.6) is 0 Å². The van der Waals surface area contributed by atoms with Crippen LogP contribution in [-0.4, -0.2) is 45.0 Å². The fourth-order valence-electron chi connectivity index (χ4n) is 4.70. The first-order chi connectivity index (χ1) is 19.4. The summed E-state index contributed by atoms with van der Waals surface area (Å²) in [5, 5.41) is 14.0. The fourth-order valence-corrected chi connectivity index (χ4v) is 4.70. The van der Waals surface area contributed by atoms with Gasteiger partial charge < -0.3 is 24.6 Å². The molecule has 1 fully saturated rings. The summed E-state index contributed by atoms with van der Waals surface area (Å²) in [6.07, 6.45) is -1.64. The summed E-state index contributed by atoms with van der Waals surface area (Å²) >= 11 is 0. The third kappa shape index (κ3) is 6.35. The molecular weight excluding hydrogens is 510 g/mol. The molecule has 9 nitrogen and oxygen atoms in total. The zero-order valence-electron chi connectivity index (χ0n) is 22.1. The lowest BCUT2D eigenvalue weighted by atomic mass is 9.98. The molecule has 0 spiro atoms. The van der Waals surface area contributed by atoms with E-state index in [1.165, 1.54) is 16.8 Å². The van der Waals surface area contributed by atoms with Crippen LogP contribution in [0.15, 0.2) is 108 Å². The van der Waals surface area contributed by atoms with Crippen molar-refractivity contribution in [3.63, 3.8) is 0 Å². The van der Waals surface area contributed by atoms with Crippen LogP contribution in [0, 0.1) is 0 Å². The summed E-state index contributed by atoms with van der Waals surface area (Å²) in [7, 11) is 0. The van der Waals surface area contributed by atoms with Crippen LogP contribution in [-0.2, 0) is 27.4 Å². The molecule has 5 rings (SSSR count). The summed E-state index contributed by atoms with van der Waals surface area (Å²) in [5.41, 5.74) is 0.603. The molecule has 2 N–H and O–H groups in total. The van der Waals surface area contributed by atoms with Crippen LogP contribution < -0.4 is 11.0 Å². The lowest BCUT2D eigenvalue weighted by Gasteiger charge is -2.30. The second-order valence-corrected chi connectivity index (χ2v) is 9.83. The highest BCUT2D eigenvalue weighted by Gasteiger charge is 2.54. The van der Waals surface area contributed by atoms with E-state index in [1.807, 2.05) is 60.7 Å². The van der Waals surface area contributed by atoms with E-state index in [2.05, 4.69) is 10.3 Å². The topological polar surface area (TPSA) is 112 Å². The number of carbonyl (C=O) groups is 1. The van der Waals surface area contributed by atoms with Crippen molar-refractivity contribution in [1.82, 2.24) is 9.55 Å². The molecule has 4 atom stereocenters. The summed E-state index contributed by atoms with van der Waals surface area (Å²) in [6, 6.07) is 29.4. The molecule has 206 valence electrons. The Labute approximate surface area is 232 Å². The number of amides is 1. The Balaban J connectivity index is 1.33. The second-order valence-electron chi connectivity index (χ2n) is 9.83. The quantitative estimate of drug-likeness (QED) is 0.313. The minimum Gasteiger partial charge on any atom is -0.386 e. The average Bonchev–Trinajstić information content (AvgIpc) is 3.22. The summed E-state index contributed by atoms with van der Waals surface area (Å²) in [6.45, 7) is 2.50. The maximum Gasteiger partial charge on any atom is 0.351 e. The first kappa shape index (κ1) is 27.4. The third-order valence-electron chi connectivity index (χ3n) is 6.75. The Morgan fingerprint density at radius 3 is 2.17 bits per heavy atom. The fraction of sp³-hybridized carbons (Fsp3) is 0.258. The van der Waals surface area contributed by atoms with Crippen LogP contribution in [0.4, 0.5) is 5.82 Å².